The summed E-state index contributed by atoms with van der Waals surface area (Å²) in [5, 5.41) is 8.61. The summed E-state index contributed by atoms with van der Waals surface area (Å²) in [5.41, 5.74) is 0. The Kier molecular flexibility index (Phi) is 2.96. The van der Waals surface area contributed by atoms with Crippen molar-refractivity contribution in [3.8, 4) is 0 Å². The molecular formula is C10H16O5S. The fourth-order valence-corrected chi connectivity index (χ4v) is 4.98. The molecule has 0 aromatic rings. The summed E-state index contributed by atoms with van der Waals surface area (Å²) in [6.45, 7) is 0.833. The monoisotopic (exact) mass is 248 g/mol. The maximum Gasteiger partial charge on any atom is 0.325 e. The molecule has 16 heavy (non-hydrogen) atoms. The Morgan fingerprint density at radius 2 is 1.81 bits per heavy atom. The predicted molar refractivity (Wildman–Crippen MR) is 57.0 cm³/mol. The van der Waals surface area contributed by atoms with Gasteiger partial charge in [0, 0.05) is 13.2 Å². The van der Waals surface area contributed by atoms with Gasteiger partial charge in [0.05, 0.1) is 5.25 Å². The van der Waals surface area contributed by atoms with Crippen LogP contribution in [0.25, 0.3) is 0 Å². The van der Waals surface area contributed by atoms with E-state index in [1.165, 1.54) is 0 Å². The van der Waals surface area contributed by atoms with Crippen LogP contribution in [0.4, 0.5) is 0 Å². The minimum absolute atomic E-state index is 0.266. The zero-order valence-electron chi connectivity index (χ0n) is 9.02. The van der Waals surface area contributed by atoms with E-state index in [2.05, 4.69) is 0 Å². The molecule has 1 N–H and O–H groups in total. The van der Waals surface area contributed by atoms with E-state index in [1.54, 1.807) is 0 Å². The lowest BCUT2D eigenvalue weighted by Crippen LogP contribution is -2.56. The summed E-state index contributed by atoms with van der Waals surface area (Å²) in [6.07, 6.45) is 2.08. The lowest BCUT2D eigenvalue weighted by Gasteiger charge is -2.40. The smallest absolute Gasteiger partial charge is 0.325 e. The van der Waals surface area contributed by atoms with Crippen LogP contribution >= 0.6 is 0 Å². The number of ether oxygens (including phenoxy) is 1. The van der Waals surface area contributed by atoms with Crippen LogP contribution in [0.5, 0.6) is 0 Å². The molecule has 0 radical (unpaired) electrons. The number of sulfone groups is 1. The maximum absolute atomic E-state index is 12.3. The molecular weight excluding hydrogens is 232 g/mol. The number of hydrogen-bond acceptors (Lipinski definition) is 4. The van der Waals surface area contributed by atoms with E-state index in [0.29, 0.717) is 32.5 Å². The van der Waals surface area contributed by atoms with Crippen LogP contribution in [0.15, 0.2) is 0 Å². The molecule has 2 fully saturated rings. The topological polar surface area (TPSA) is 80.7 Å². The first kappa shape index (κ1) is 11.9. The number of carbonyl (C=O) groups is 1. The first-order valence-electron chi connectivity index (χ1n) is 5.55. The molecule has 5 nitrogen and oxygen atoms in total. The third-order valence-corrected chi connectivity index (χ3v) is 6.72. The largest absolute Gasteiger partial charge is 0.480 e. The molecule has 1 aliphatic heterocycles. The predicted octanol–water partition coefficient (Wildman–Crippen LogP) is 0.587. The molecule has 0 amide bonds. The number of rotatable bonds is 3. The molecule has 2 rings (SSSR count). The Morgan fingerprint density at radius 1 is 1.25 bits per heavy atom. The van der Waals surface area contributed by atoms with Crippen molar-refractivity contribution >= 4 is 15.8 Å². The van der Waals surface area contributed by atoms with Gasteiger partial charge in [0.15, 0.2) is 14.6 Å². The van der Waals surface area contributed by atoms with Crippen LogP contribution in [-0.2, 0) is 19.4 Å². The van der Waals surface area contributed by atoms with Gasteiger partial charge >= 0.3 is 5.97 Å². The number of aliphatic carboxylic acids is 1. The molecule has 0 bridgehead atoms. The van der Waals surface area contributed by atoms with E-state index in [0.717, 1.165) is 0 Å². The van der Waals surface area contributed by atoms with Crippen molar-refractivity contribution in [1.82, 2.24) is 0 Å². The van der Waals surface area contributed by atoms with E-state index in [9.17, 15) is 13.2 Å². The summed E-state index contributed by atoms with van der Waals surface area (Å²) in [4.78, 5) is 11.2. The van der Waals surface area contributed by atoms with Crippen molar-refractivity contribution in [2.75, 3.05) is 13.2 Å². The molecule has 0 atom stereocenters. The number of carboxylic acids is 1. The molecule has 6 heteroatoms. The van der Waals surface area contributed by atoms with Crippen LogP contribution in [-0.4, -0.2) is 42.7 Å². The zero-order chi connectivity index (χ0) is 11.8. The second kappa shape index (κ2) is 4.00. The summed E-state index contributed by atoms with van der Waals surface area (Å²) >= 11 is 0. The van der Waals surface area contributed by atoms with Crippen molar-refractivity contribution in [2.45, 2.75) is 42.1 Å². The van der Waals surface area contributed by atoms with E-state index in [4.69, 9.17) is 9.84 Å². The van der Waals surface area contributed by atoms with Gasteiger partial charge in [-0.25, -0.2) is 8.42 Å². The van der Waals surface area contributed by atoms with Crippen molar-refractivity contribution in [2.24, 2.45) is 0 Å². The van der Waals surface area contributed by atoms with E-state index < -0.39 is 25.8 Å². The summed E-state index contributed by atoms with van der Waals surface area (Å²) in [5.74, 6) is -1.18. The van der Waals surface area contributed by atoms with E-state index in [-0.39, 0.29) is 12.8 Å². The van der Waals surface area contributed by atoms with Crippen molar-refractivity contribution < 1.29 is 23.1 Å². The van der Waals surface area contributed by atoms with Gasteiger partial charge in [-0.05, 0) is 32.1 Å². The normalized spacial score (nSPS) is 26.0. The molecule has 1 aliphatic carbocycles. The van der Waals surface area contributed by atoms with Crippen LogP contribution < -0.4 is 0 Å². The highest BCUT2D eigenvalue weighted by molar-refractivity contribution is 7.94. The first-order valence-corrected chi connectivity index (χ1v) is 7.10. The summed E-state index contributed by atoms with van der Waals surface area (Å²) < 4.78 is 28.2. The lowest BCUT2D eigenvalue weighted by molar-refractivity contribution is -0.142. The van der Waals surface area contributed by atoms with Crippen LogP contribution in [0.3, 0.4) is 0 Å². The SMILES string of the molecule is O=C(O)C1(S(=O)(=O)C2CCOCC2)CCC1. The quantitative estimate of drug-likeness (QED) is 0.790. The van der Waals surface area contributed by atoms with E-state index >= 15 is 0 Å². The van der Waals surface area contributed by atoms with Crippen molar-refractivity contribution in [3.05, 3.63) is 0 Å². The van der Waals surface area contributed by atoms with Gasteiger partial charge in [-0.15, -0.1) is 0 Å². The van der Waals surface area contributed by atoms with Gasteiger partial charge in [0.1, 0.15) is 0 Å². The third kappa shape index (κ3) is 1.55. The minimum Gasteiger partial charge on any atom is -0.480 e. The molecule has 1 saturated heterocycles. The average Bonchev–Trinajstić information content (AvgIpc) is 2.16. The zero-order valence-corrected chi connectivity index (χ0v) is 9.83. The third-order valence-electron chi connectivity index (χ3n) is 3.70. The van der Waals surface area contributed by atoms with Crippen LogP contribution in [0.2, 0.25) is 0 Å². The Morgan fingerprint density at radius 3 is 2.19 bits per heavy atom. The fraction of sp³-hybridized carbons (Fsp3) is 0.900. The van der Waals surface area contributed by atoms with Crippen LogP contribution in [0, 0.1) is 0 Å². The lowest BCUT2D eigenvalue weighted by atomic mass is 9.84. The molecule has 92 valence electrons. The number of hydrogen-bond donors (Lipinski definition) is 1. The molecule has 1 saturated carbocycles. The summed E-state index contributed by atoms with van der Waals surface area (Å²) in [6, 6.07) is 0. The Hall–Kier alpha value is -0.620. The highest BCUT2D eigenvalue weighted by Gasteiger charge is 2.57. The Bertz CT molecular complexity index is 376. The Balaban J connectivity index is 2.26. The van der Waals surface area contributed by atoms with Gasteiger partial charge in [-0.2, -0.15) is 0 Å². The highest BCUT2D eigenvalue weighted by atomic mass is 32.2. The number of carboxylic acid groups (broad SMARTS) is 1. The van der Waals surface area contributed by atoms with Gasteiger partial charge in [-0.3, -0.25) is 4.79 Å². The summed E-state index contributed by atoms with van der Waals surface area (Å²) in [7, 11) is -3.57. The Labute approximate surface area is 94.7 Å². The molecule has 0 aromatic carbocycles. The van der Waals surface area contributed by atoms with Gasteiger partial charge in [-0.1, -0.05) is 0 Å². The van der Waals surface area contributed by atoms with Gasteiger partial charge < -0.3 is 9.84 Å². The first-order chi connectivity index (χ1) is 7.51. The second-order valence-corrected chi connectivity index (χ2v) is 7.05. The fourth-order valence-electron chi connectivity index (χ4n) is 2.42. The highest BCUT2D eigenvalue weighted by Crippen LogP contribution is 2.43. The van der Waals surface area contributed by atoms with Crippen molar-refractivity contribution in [3.63, 3.8) is 0 Å². The van der Waals surface area contributed by atoms with E-state index in [1.807, 2.05) is 0 Å². The molecule has 2 aliphatic rings. The van der Waals surface area contributed by atoms with Gasteiger partial charge in [0.25, 0.3) is 0 Å². The second-order valence-electron chi connectivity index (χ2n) is 4.51. The molecule has 1 heterocycles. The standard InChI is InChI=1S/C10H16O5S/c11-9(12)10(4-1-5-10)16(13,14)8-2-6-15-7-3-8/h8H,1-7H2,(H,11,12). The van der Waals surface area contributed by atoms with Gasteiger partial charge in [0.2, 0.25) is 0 Å². The minimum atomic E-state index is -3.57. The maximum atomic E-state index is 12.3. The van der Waals surface area contributed by atoms with Crippen molar-refractivity contribution in [1.29, 1.82) is 0 Å². The molecule has 0 spiro atoms. The molecule has 0 aromatic heterocycles. The average molecular weight is 248 g/mol. The molecule has 0 unspecified atom stereocenters. The van der Waals surface area contributed by atoms with Crippen LogP contribution in [0.1, 0.15) is 32.1 Å².